The van der Waals surface area contributed by atoms with E-state index in [0.29, 0.717) is 31.6 Å². The summed E-state index contributed by atoms with van der Waals surface area (Å²) in [5, 5.41) is 68.9. The average Bonchev–Trinajstić information content (AvgIpc) is 3.07. The average molecular weight is 906 g/mol. The smallest absolute Gasteiger partial charge is 0.506 e. The fourth-order valence-corrected chi connectivity index (χ4v) is 6.60. The standard InChI is InChI=1S/2C16H11Cl2N3O4S.Co.Na/c2*17-10-3-4-11(18)15-9(10)2-5-12(16(15)23)20-21-13-7-8(26(19,24)25)1-6-14(13)22;;/h2*1-7,22-23H,(H2,19,24,25);;/q;;;+1. The van der Waals surface area contributed by atoms with Crippen LogP contribution in [0.1, 0.15) is 0 Å². The van der Waals surface area contributed by atoms with Gasteiger partial charge in [-0.3, -0.25) is 0 Å². The summed E-state index contributed by atoms with van der Waals surface area (Å²) in [6, 6.07) is 19.1. The maximum absolute atomic E-state index is 11.4. The molecule has 0 spiro atoms. The number of nitrogens with two attached hydrogens (primary N) is 2. The number of rotatable bonds is 6. The van der Waals surface area contributed by atoms with Gasteiger partial charge >= 0.3 is 29.6 Å². The van der Waals surface area contributed by atoms with Crippen molar-refractivity contribution in [2.24, 2.45) is 30.7 Å². The molecule has 277 valence electrons. The Morgan fingerprint density at radius 1 is 0.463 bits per heavy atom. The van der Waals surface area contributed by atoms with Crippen LogP contribution in [0.25, 0.3) is 21.5 Å². The Morgan fingerprint density at radius 2 is 0.778 bits per heavy atom. The SMILES string of the molecule is NS(=O)(=O)c1ccc(O)c(N=Nc2ccc3c(Cl)ccc(Cl)c3c2O)c1.NS(=O)(=O)c1ccc(O)c(N=Nc2ccc3c(Cl)ccc(Cl)c3c2O)c1.[Co].[Na+]. The second-order valence-corrected chi connectivity index (χ2v) is 15.3. The van der Waals surface area contributed by atoms with Gasteiger partial charge in [0.25, 0.3) is 0 Å². The number of hydrogen-bond donors (Lipinski definition) is 6. The predicted molar refractivity (Wildman–Crippen MR) is 199 cm³/mol. The number of nitrogens with zero attached hydrogens (tertiary/aromatic N) is 4. The van der Waals surface area contributed by atoms with Gasteiger partial charge in [-0.05, 0) is 72.8 Å². The zero-order chi connectivity index (χ0) is 38.1. The predicted octanol–water partition coefficient (Wildman–Crippen LogP) is 6.24. The number of sulfonamides is 2. The molecule has 0 fully saturated rings. The molecule has 0 atom stereocenters. The number of hydrogen-bond acceptors (Lipinski definition) is 12. The van der Waals surface area contributed by atoms with Crippen LogP contribution in [0.4, 0.5) is 22.7 Å². The van der Waals surface area contributed by atoms with Gasteiger partial charge in [-0.25, -0.2) is 27.1 Å². The van der Waals surface area contributed by atoms with Crippen molar-refractivity contribution in [3.63, 3.8) is 0 Å². The Balaban J connectivity index is 0.000000280. The van der Waals surface area contributed by atoms with Crippen LogP contribution in [0.2, 0.25) is 20.1 Å². The number of primary sulfonamides is 2. The molecule has 6 aromatic carbocycles. The van der Waals surface area contributed by atoms with Gasteiger partial charge in [-0.1, -0.05) is 58.5 Å². The van der Waals surface area contributed by atoms with Gasteiger partial charge in [0.2, 0.25) is 20.0 Å². The number of halogens is 4. The van der Waals surface area contributed by atoms with Crippen LogP contribution in [0, 0.1) is 0 Å². The molecule has 6 aromatic rings. The van der Waals surface area contributed by atoms with E-state index in [1.54, 1.807) is 24.3 Å². The van der Waals surface area contributed by atoms with Crippen LogP contribution in [-0.2, 0) is 36.8 Å². The molecular weight excluding hydrogens is 884 g/mol. The third kappa shape index (κ3) is 10.1. The second-order valence-electron chi connectivity index (χ2n) is 10.6. The molecule has 0 heterocycles. The van der Waals surface area contributed by atoms with Crippen molar-refractivity contribution in [1.29, 1.82) is 0 Å². The number of aromatic hydroxyl groups is 4. The summed E-state index contributed by atoms with van der Waals surface area (Å²) in [7, 11) is -7.93. The number of azo groups is 2. The van der Waals surface area contributed by atoms with Gasteiger partial charge in [0.05, 0.1) is 19.8 Å². The molecule has 14 nitrogen and oxygen atoms in total. The van der Waals surface area contributed by atoms with Gasteiger partial charge in [0, 0.05) is 48.4 Å². The van der Waals surface area contributed by atoms with Crippen molar-refractivity contribution in [3.8, 4) is 23.0 Å². The molecule has 0 aliphatic heterocycles. The van der Waals surface area contributed by atoms with Crippen molar-refractivity contribution >= 4 is 111 Å². The van der Waals surface area contributed by atoms with Crippen LogP contribution in [-0.4, -0.2) is 37.3 Å². The Morgan fingerprint density at radius 3 is 1.11 bits per heavy atom. The topological polar surface area (TPSA) is 251 Å². The van der Waals surface area contributed by atoms with E-state index in [0.717, 1.165) is 36.4 Å². The number of phenols is 4. The molecule has 0 saturated heterocycles. The summed E-state index contributed by atoms with van der Waals surface area (Å²) < 4.78 is 45.6. The summed E-state index contributed by atoms with van der Waals surface area (Å²) in [6.45, 7) is 0. The zero-order valence-corrected chi connectivity index (χ0v) is 34.8. The fraction of sp³-hybridized carbons (Fsp3) is 0. The van der Waals surface area contributed by atoms with Crippen LogP contribution >= 0.6 is 46.4 Å². The monoisotopic (exact) mass is 904 g/mol. The molecule has 1 radical (unpaired) electrons. The first kappa shape index (κ1) is 45.1. The third-order valence-electron chi connectivity index (χ3n) is 7.14. The minimum atomic E-state index is -3.97. The van der Waals surface area contributed by atoms with E-state index in [1.165, 1.54) is 24.3 Å². The quantitative estimate of drug-likeness (QED) is 0.0822. The molecule has 0 saturated carbocycles. The molecule has 54 heavy (non-hydrogen) atoms. The number of phenolic OH excluding ortho intramolecular Hbond substituents is 4. The molecular formula is C32H22Cl4CoN6NaO8S2+. The Labute approximate surface area is 359 Å². The van der Waals surface area contributed by atoms with Gasteiger partial charge in [-0.15, -0.1) is 20.5 Å². The van der Waals surface area contributed by atoms with Crippen LogP contribution in [0.15, 0.2) is 115 Å². The normalized spacial score (nSPS) is 11.7. The Kier molecular flexibility index (Phi) is 15.1. The second kappa shape index (κ2) is 18.1. The number of fused-ring (bicyclic) bond motifs is 2. The molecule has 0 aliphatic carbocycles. The van der Waals surface area contributed by atoms with Gasteiger partial charge < -0.3 is 20.4 Å². The molecule has 0 aliphatic rings. The van der Waals surface area contributed by atoms with Gasteiger partial charge in [-0.2, -0.15) is 0 Å². The van der Waals surface area contributed by atoms with Crippen molar-refractivity contribution in [2.45, 2.75) is 9.79 Å². The van der Waals surface area contributed by atoms with E-state index >= 15 is 0 Å². The van der Waals surface area contributed by atoms with E-state index < -0.39 is 20.0 Å². The number of benzene rings is 6. The summed E-state index contributed by atoms with van der Waals surface area (Å²) in [4.78, 5) is -0.469. The first-order chi connectivity index (χ1) is 24.4. The molecule has 22 heteroatoms. The maximum atomic E-state index is 11.4. The Hall–Kier alpha value is -3.27. The third-order valence-corrected chi connectivity index (χ3v) is 10.3. The van der Waals surface area contributed by atoms with E-state index in [1.807, 2.05) is 0 Å². The molecule has 0 unspecified atom stereocenters. The molecule has 8 N–H and O–H groups in total. The first-order valence-corrected chi connectivity index (χ1v) is 18.7. The largest absolute Gasteiger partial charge is 1.00 e. The molecule has 0 aromatic heterocycles. The van der Waals surface area contributed by atoms with Gasteiger partial charge in [0.1, 0.15) is 34.2 Å². The Bertz CT molecular complexity index is 2530. The molecule has 0 bridgehead atoms. The van der Waals surface area contributed by atoms with Crippen molar-refractivity contribution in [2.75, 3.05) is 0 Å². The minimum absolute atomic E-state index is 0. The van der Waals surface area contributed by atoms with Crippen molar-refractivity contribution in [1.82, 2.24) is 0 Å². The summed E-state index contributed by atoms with van der Waals surface area (Å²) in [6.07, 6.45) is 0. The van der Waals surface area contributed by atoms with Crippen LogP contribution in [0.5, 0.6) is 23.0 Å². The van der Waals surface area contributed by atoms with E-state index in [-0.39, 0.29) is 112 Å². The van der Waals surface area contributed by atoms with Crippen molar-refractivity contribution in [3.05, 3.63) is 105 Å². The fourth-order valence-electron chi connectivity index (χ4n) is 4.58. The summed E-state index contributed by atoms with van der Waals surface area (Å²) in [5.41, 5.74) is -0.148. The van der Waals surface area contributed by atoms with Gasteiger partial charge in [0.15, 0.2) is 11.5 Å². The summed E-state index contributed by atoms with van der Waals surface area (Å²) in [5.74, 6) is -1.10. The first-order valence-electron chi connectivity index (χ1n) is 14.1. The summed E-state index contributed by atoms with van der Waals surface area (Å²) >= 11 is 24.4. The zero-order valence-electron chi connectivity index (χ0n) is 27.1. The molecule has 6 rings (SSSR count). The minimum Gasteiger partial charge on any atom is -0.506 e. The van der Waals surface area contributed by atoms with E-state index in [9.17, 15) is 37.3 Å². The van der Waals surface area contributed by atoms with Crippen LogP contribution < -0.4 is 39.8 Å². The molecule has 0 amide bonds. The van der Waals surface area contributed by atoms with E-state index in [4.69, 9.17) is 56.7 Å². The van der Waals surface area contributed by atoms with E-state index in [2.05, 4.69) is 20.5 Å². The maximum Gasteiger partial charge on any atom is 1.00 e. The van der Waals surface area contributed by atoms with Crippen LogP contribution in [0.3, 0.4) is 0 Å². The van der Waals surface area contributed by atoms with Crippen molar-refractivity contribution < 1.29 is 83.6 Å².